The molecule has 4 rings (SSSR count). The van der Waals surface area contributed by atoms with Gasteiger partial charge >= 0.3 is 0 Å². The minimum Gasteiger partial charge on any atom is -0.443 e. The summed E-state index contributed by atoms with van der Waals surface area (Å²) in [6.45, 7) is 3.88. The van der Waals surface area contributed by atoms with E-state index in [2.05, 4.69) is 33.3 Å². The molecule has 0 aliphatic heterocycles. The molecule has 3 aromatic heterocycles. The molecule has 1 aromatic carbocycles. The van der Waals surface area contributed by atoms with E-state index < -0.39 is 0 Å². The third kappa shape index (κ3) is 3.50. The van der Waals surface area contributed by atoms with E-state index >= 15 is 0 Å². The molecule has 0 spiro atoms. The Labute approximate surface area is 160 Å². The van der Waals surface area contributed by atoms with E-state index in [4.69, 9.17) is 4.42 Å². The van der Waals surface area contributed by atoms with Crippen molar-refractivity contribution in [3.05, 3.63) is 72.3 Å². The predicted octanol–water partition coefficient (Wildman–Crippen LogP) is 4.73. The summed E-state index contributed by atoms with van der Waals surface area (Å²) in [5, 5.41) is 2.87. The van der Waals surface area contributed by atoms with Crippen LogP contribution in [0.4, 0.5) is 5.69 Å². The van der Waals surface area contributed by atoms with Crippen LogP contribution in [0.2, 0.25) is 0 Å². The van der Waals surface area contributed by atoms with Crippen LogP contribution in [0.5, 0.6) is 0 Å². The number of rotatable bonds is 4. The van der Waals surface area contributed by atoms with Gasteiger partial charge in [-0.05, 0) is 48.7 Å². The minimum atomic E-state index is -0.248. The number of nitrogens with one attached hydrogen (secondary N) is 1. The van der Waals surface area contributed by atoms with Crippen LogP contribution in [0.15, 0.2) is 59.9 Å². The van der Waals surface area contributed by atoms with E-state index in [-0.39, 0.29) is 5.91 Å². The molecule has 0 aliphatic rings. The first-order valence-corrected chi connectivity index (χ1v) is 9.11. The van der Waals surface area contributed by atoms with Gasteiger partial charge in [0.05, 0.1) is 11.1 Å². The van der Waals surface area contributed by atoms with Crippen LogP contribution in [0.1, 0.15) is 21.6 Å². The molecule has 1 amide bonds. The molecule has 27 heavy (non-hydrogen) atoms. The average Bonchev–Trinajstić information content (AvgIpc) is 3.32. The molecule has 0 atom stereocenters. The fourth-order valence-corrected chi connectivity index (χ4v) is 3.89. The van der Waals surface area contributed by atoms with Crippen molar-refractivity contribution in [2.45, 2.75) is 13.8 Å². The lowest BCUT2D eigenvalue weighted by Gasteiger charge is -2.07. The van der Waals surface area contributed by atoms with Crippen LogP contribution >= 0.6 is 11.3 Å². The van der Waals surface area contributed by atoms with Crippen molar-refractivity contribution in [3.63, 3.8) is 0 Å². The third-order valence-corrected chi connectivity index (χ3v) is 5.41. The molecule has 4 aromatic rings. The van der Waals surface area contributed by atoms with Crippen molar-refractivity contribution in [1.29, 1.82) is 0 Å². The van der Waals surface area contributed by atoms with E-state index in [1.54, 1.807) is 23.7 Å². The topological polar surface area (TPSA) is 80.9 Å². The van der Waals surface area contributed by atoms with Crippen LogP contribution in [0.25, 0.3) is 21.1 Å². The molecule has 0 fully saturated rings. The fraction of sp³-hybridized carbons (Fsp3) is 0.100. The van der Waals surface area contributed by atoms with E-state index in [1.165, 1.54) is 18.3 Å². The number of aromatic nitrogens is 3. The number of anilines is 1. The quantitative estimate of drug-likeness (QED) is 0.557. The smallest absolute Gasteiger partial charge is 0.274 e. The standard InChI is InChI=1S/C20H16N4O2S/c1-12-7-17(16-9-22-11-26-16)27-19(12)14-3-5-15(6-4-14)24-20(25)18-13(2)8-21-10-23-18/h3-11H,1-2H3,(H,24,25). The van der Waals surface area contributed by atoms with Gasteiger partial charge in [0.2, 0.25) is 0 Å². The average molecular weight is 376 g/mol. The van der Waals surface area contributed by atoms with Gasteiger partial charge in [0.25, 0.3) is 5.91 Å². The lowest BCUT2D eigenvalue weighted by Crippen LogP contribution is -2.15. The molecular formula is C20H16N4O2S. The van der Waals surface area contributed by atoms with Crippen molar-refractivity contribution in [3.8, 4) is 21.1 Å². The number of carbonyl (C=O) groups is 1. The molecule has 0 radical (unpaired) electrons. The molecule has 134 valence electrons. The number of oxazole rings is 1. The highest BCUT2D eigenvalue weighted by Crippen LogP contribution is 2.38. The normalized spacial score (nSPS) is 10.7. The van der Waals surface area contributed by atoms with Gasteiger partial charge in [-0.1, -0.05) is 12.1 Å². The number of thiophene rings is 1. The SMILES string of the molecule is Cc1cncnc1C(=O)Nc1ccc(-c2sc(-c3cnco3)cc2C)cc1. The zero-order valence-corrected chi connectivity index (χ0v) is 15.6. The highest BCUT2D eigenvalue weighted by molar-refractivity contribution is 7.19. The Hall–Kier alpha value is -3.32. The predicted molar refractivity (Wildman–Crippen MR) is 105 cm³/mol. The summed E-state index contributed by atoms with van der Waals surface area (Å²) >= 11 is 1.65. The van der Waals surface area contributed by atoms with Crippen LogP contribution in [-0.2, 0) is 0 Å². The molecule has 6 nitrogen and oxygen atoms in total. The second-order valence-electron chi connectivity index (χ2n) is 6.07. The summed E-state index contributed by atoms with van der Waals surface area (Å²) in [7, 11) is 0. The minimum absolute atomic E-state index is 0.248. The zero-order chi connectivity index (χ0) is 18.8. The largest absolute Gasteiger partial charge is 0.443 e. The molecule has 0 saturated heterocycles. The third-order valence-electron chi connectivity index (χ3n) is 4.11. The fourth-order valence-electron chi connectivity index (χ4n) is 2.76. The van der Waals surface area contributed by atoms with Gasteiger partial charge in [-0.15, -0.1) is 11.3 Å². The van der Waals surface area contributed by atoms with Crippen LogP contribution in [0, 0.1) is 13.8 Å². The summed E-state index contributed by atoms with van der Waals surface area (Å²) in [6, 6.07) is 9.85. The Balaban J connectivity index is 1.55. The summed E-state index contributed by atoms with van der Waals surface area (Å²) in [4.78, 5) is 26.5. The van der Waals surface area contributed by atoms with E-state index in [1.807, 2.05) is 31.2 Å². The first-order chi connectivity index (χ1) is 13.1. The second kappa shape index (κ2) is 7.13. The van der Waals surface area contributed by atoms with Gasteiger partial charge in [-0.2, -0.15) is 0 Å². The molecule has 0 bridgehead atoms. The molecule has 3 heterocycles. The van der Waals surface area contributed by atoms with Crippen LogP contribution in [-0.4, -0.2) is 20.9 Å². The highest BCUT2D eigenvalue weighted by Gasteiger charge is 2.13. The maximum Gasteiger partial charge on any atom is 0.274 e. The summed E-state index contributed by atoms with van der Waals surface area (Å²) < 4.78 is 5.38. The lowest BCUT2D eigenvalue weighted by molar-refractivity contribution is 0.102. The number of hydrogen-bond donors (Lipinski definition) is 1. The van der Waals surface area contributed by atoms with Gasteiger partial charge in [0.15, 0.2) is 12.2 Å². The van der Waals surface area contributed by atoms with Gasteiger partial charge in [-0.25, -0.2) is 15.0 Å². The Morgan fingerprint density at radius 1 is 1.07 bits per heavy atom. The maximum atomic E-state index is 12.4. The Kier molecular flexibility index (Phi) is 4.52. The highest BCUT2D eigenvalue weighted by atomic mass is 32.1. The number of benzene rings is 1. The molecule has 7 heteroatoms. The van der Waals surface area contributed by atoms with Gasteiger partial charge < -0.3 is 9.73 Å². The number of carbonyl (C=O) groups excluding carboxylic acids is 1. The Morgan fingerprint density at radius 3 is 2.59 bits per heavy atom. The van der Waals surface area contributed by atoms with Gasteiger partial charge in [0.1, 0.15) is 12.0 Å². The van der Waals surface area contributed by atoms with E-state index in [0.717, 1.165) is 26.6 Å². The molecular weight excluding hydrogens is 360 g/mol. The lowest BCUT2D eigenvalue weighted by atomic mass is 10.1. The van der Waals surface area contributed by atoms with Crippen molar-refractivity contribution in [1.82, 2.24) is 15.0 Å². The van der Waals surface area contributed by atoms with Gasteiger partial charge in [0, 0.05) is 16.8 Å². The number of nitrogens with zero attached hydrogens (tertiary/aromatic N) is 3. The summed E-state index contributed by atoms with van der Waals surface area (Å²) in [5.41, 5.74) is 4.08. The number of hydrogen-bond acceptors (Lipinski definition) is 6. The van der Waals surface area contributed by atoms with Crippen molar-refractivity contribution in [2.24, 2.45) is 0 Å². The summed E-state index contributed by atoms with van der Waals surface area (Å²) in [5.74, 6) is 0.515. The summed E-state index contributed by atoms with van der Waals surface area (Å²) in [6.07, 6.45) is 6.14. The van der Waals surface area contributed by atoms with Crippen LogP contribution in [0.3, 0.4) is 0 Å². The zero-order valence-electron chi connectivity index (χ0n) is 14.8. The van der Waals surface area contributed by atoms with E-state index in [9.17, 15) is 4.79 Å². The first-order valence-electron chi connectivity index (χ1n) is 8.29. The molecule has 0 saturated carbocycles. The molecule has 1 N–H and O–H groups in total. The van der Waals surface area contributed by atoms with Gasteiger partial charge in [-0.3, -0.25) is 4.79 Å². The van der Waals surface area contributed by atoms with E-state index in [0.29, 0.717) is 11.4 Å². The van der Waals surface area contributed by atoms with Crippen LogP contribution < -0.4 is 5.32 Å². The Morgan fingerprint density at radius 2 is 1.89 bits per heavy atom. The van der Waals surface area contributed by atoms with Crippen molar-refractivity contribution in [2.75, 3.05) is 5.32 Å². The number of amides is 1. The maximum absolute atomic E-state index is 12.4. The second-order valence-corrected chi connectivity index (χ2v) is 7.13. The van der Waals surface area contributed by atoms with Crippen molar-refractivity contribution >= 4 is 22.9 Å². The monoisotopic (exact) mass is 376 g/mol. The Bertz CT molecular complexity index is 1090. The van der Waals surface area contributed by atoms with Crippen molar-refractivity contribution < 1.29 is 9.21 Å². The molecule has 0 aliphatic carbocycles. The first kappa shape index (κ1) is 17.1. The molecule has 0 unspecified atom stereocenters. The number of aryl methyl sites for hydroxylation is 2.